The Kier molecular flexibility index (Phi) is 4.41. The summed E-state index contributed by atoms with van der Waals surface area (Å²) < 4.78 is 0. The first-order valence-corrected chi connectivity index (χ1v) is 8.74. The van der Waals surface area contributed by atoms with Crippen LogP contribution in [-0.4, -0.2) is 11.0 Å². The summed E-state index contributed by atoms with van der Waals surface area (Å²) in [5.41, 5.74) is 2.85. The molecular weight excluding hydrogens is 276 g/mol. The molecule has 112 valence electrons. The van der Waals surface area contributed by atoms with Crippen molar-refractivity contribution in [3.05, 3.63) is 40.7 Å². The van der Waals surface area contributed by atoms with Gasteiger partial charge < -0.3 is 5.32 Å². The van der Waals surface area contributed by atoms with E-state index in [0.29, 0.717) is 11.5 Å². The zero-order valence-corrected chi connectivity index (χ0v) is 13.7. The first-order chi connectivity index (χ1) is 10.1. The number of nitrogens with zero attached hydrogens (tertiary/aromatic N) is 1. The van der Waals surface area contributed by atoms with Gasteiger partial charge in [0.1, 0.15) is 5.01 Å². The van der Waals surface area contributed by atoms with Gasteiger partial charge >= 0.3 is 0 Å². The van der Waals surface area contributed by atoms with Crippen molar-refractivity contribution < 1.29 is 0 Å². The molecule has 3 rings (SSSR count). The third kappa shape index (κ3) is 3.92. The largest absolute Gasteiger partial charge is 0.308 e. The fourth-order valence-electron chi connectivity index (χ4n) is 2.97. The minimum Gasteiger partial charge on any atom is -0.308 e. The lowest BCUT2D eigenvalue weighted by atomic mass is 9.75. The summed E-state index contributed by atoms with van der Waals surface area (Å²) in [5.74, 6) is 0. The van der Waals surface area contributed by atoms with E-state index >= 15 is 0 Å². The van der Waals surface area contributed by atoms with Crippen LogP contribution in [0.15, 0.2) is 35.7 Å². The fraction of sp³-hybridized carbons (Fsp3) is 0.500. The van der Waals surface area contributed by atoms with E-state index in [2.05, 4.69) is 48.8 Å². The molecule has 0 amide bonds. The lowest BCUT2D eigenvalue weighted by Crippen LogP contribution is -2.35. The number of hydrogen-bond donors (Lipinski definition) is 1. The van der Waals surface area contributed by atoms with Gasteiger partial charge in [-0.25, -0.2) is 4.98 Å². The highest BCUT2D eigenvalue weighted by Gasteiger charge is 2.26. The van der Waals surface area contributed by atoms with Crippen molar-refractivity contribution >= 4 is 11.3 Å². The number of hydrogen-bond acceptors (Lipinski definition) is 3. The molecule has 0 saturated heterocycles. The molecule has 1 heterocycles. The van der Waals surface area contributed by atoms with Gasteiger partial charge in [-0.2, -0.15) is 0 Å². The summed E-state index contributed by atoms with van der Waals surface area (Å²) in [6.07, 6.45) is 5.25. The van der Waals surface area contributed by atoms with Crippen molar-refractivity contribution in [3.63, 3.8) is 0 Å². The molecule has 2 nitrogen and oxygen atoms in total. The summed E-state index contributed by atoms with van der Waals surface area (Å²) in [5, 5.41) is 7.04. The molecule has 1 aliphatic rings. The number of benzene rings is 1. The molecule has 0 spiro atoms. The highest BCUT2D eigenvalue weighted by atomic mass is 32.1. The maximum atomic E-state index is 4.75. The van der Waals surface area contributed by atoms with Crippen LogP contribution >= 0.6 is 11.3 Å². The topological polar surface area (TPSA) is 24.9 Å². The molecule has 1 saturated carbocycles. The minimum absolute atomic E-state index is 0.542. The van der Waals surface area contributed by atoms with Gasteiger partial charge in [0.15, 0.2) is 0 Å². The van der Waals surface area contributed by atoms with Crippen LogP contribution < -0.4 is 5.32 Å². The quantitative estimate of drug-likeness (QED) is 0.871. The second-order valence-electron chi connectivity index (χ2n) is 6.81. The highest BCUT2D eigenvalue weighted by molar-refractivity contribution is 7.09. The van der Waals surface area contributed by atoms with Crippen LogP contribution in [0, 0.1) is 5.41 Å². The molecule has 21 heavy (non-hydrogen) atoms. The van der Waals surface area contributed by atoms with Gasteiger partial charge in [-0.3, -0.25) is 0 Å². The minimum atomic E-state index is 0.542. The van der Waals surface area contributed by atoms with Gasteiger partial charge in [0, 0.05) is 23.5 Å². The Morgan fingerprint density at radius 1 is 1.19 bits per heavy atom. The Labute approximate surface area is 131 Å². The van der Waals surface area contributed by atoms with Crippen LogP contribution in [0.5, 0.6) is 0 Å². The molecule has 0 radical (unpaired) electrons. The molecule has 1 N–H and O–H groups in total. The zero-order valence-electron chi connectivity index (χ0n) is 12.9. The predicted octanol–water partition coefficient (Wildman–Crippen LogP) is 4.87. The molecule has 3 heteroatoms. The van der Waals surface area contributed by atoms with Crippen LogP contribution in [0.2, 0.25) is 0 Å². The van der Waals surface area contributed by atoms with Crippen molar-refractivity contribution in [3.8, 4) is 11.3 Å². The maximum absolute atomic E-state index is 4.75. The number of rotatable bonds is 4. The molecule has 1 aromatic heterocycles. The third-order valence-electron chi connectivity index (χ3n) is 4.50. The smallest absolute Gasteiger partial charge is 0.107 e. The van der Waals surface area contributed by atoms with Gasteiger partial charge in [-0.1, -0.05) is 44.2 Å². The Morgan fingerprint density at radius 2 is 1.90 bits per heavy atom. The first kappa shape index (κ1) is 14.7. The van der Waals surface area contributed by atoms with E-state index in [-0.39, 0.29) is 0 Å². The molecule has 0 unspecified atom stereocenters. The van der Waals surface area contributed by atoms with Gasteiger partial charge in [-0.15, -0.1) is 11.3 Å². The van der Waals surface area contributed by atoms with E-state index in [0.717, 1.165) is 12.2 Å². The predicted molar refractivity (Wildman–Crippen MR) is 90.4 cm³/mol. The number of aromatic nitrogens is 1. The van der Waals surface area contributed by atoms with Crippen molar-refractivity contribution in [2.24, 2.45) is 5.41 Å². The van der Waals surface area contributed by atoms with Crippen molar-refractivity contribution in [1.29, 1.82) is 0 Å². The van der Waals surface area contributed by atoms with Crippen molar-refractivity contribution in [2.45, 2.75) is 52.1 Å². The summed E-state index contributed by atoms with van der Waals surface area (Å²) in [6.45, 7) is 5.68. The first-order valence-electron chi connectivity index (χ1n) is 7.86. The molecule has 0 bridgehead atoms. The van der Waals surface area contributed by atoms with Crippen molar-refractivity contribution in [1.82, 2.24) is 10.3 Å². The van der Waals surface area contributed by atoms with E-state index in [9.17, 15) is 0 Å². The second-order valence-corrected chi connectivity index (χ2v) is 7.75. The lowest BCUT2D eigenvalue weighted by molar-refractivity contribution is 0.206. The zero-order chi connectivity index (χ0) is 14.7. The van der Waals surface area contributed by atoms with Gasteiger partial charge in [0.2, 0.25) is 0 Å². The summed E-state index contributed by atoms with van der Waals surface area (Å²) in [7, 11) is 0. The van der Waals surface area contributed by atoms with E-state index in [1.807, 2.05) is 6.07 Å². The number of thiazole rings is 1. The normalized spacial score (nSPS) is 18.8. The van der Waals surface area contributed by atoms with Crippen molar-refractivity contribution in [2.75, 3.05) is 0 Å². The molecule has 1 aromatic carbocycles. The van der Waals surface area contributed by atoms with Crippen LogP contribution in [0.1, 0.15) is 44.5 Å². The fourth-order valence-corrected chi connectivity index (χ4v) is 3.72. The maximum Gasteiger partial charge on any atom is 0.107 e. The van der Waals surface area contributed by atoms with Crippen LogP contribution in [-0.2, 0) is 6.54 Å². The SMILES string of the molecule is CC1(C)CCC(NCc2nc(-c3ccccc3)cs2)CC1. The second kappa shape index (κ2) is 6.29. The van der Waals surface area contributed by atoms with Gasteiger partial charge in [0.25, 0.3) is 0 Å². The van der Waals surface area contributed by atoms with E-state index in [4.69, 9.17) is 4.98 Å². The molecule has 0 aliphatic heterocycles. The van der Waals surface area contributed by atoms with Crippen LogP contribution in [0.25, 0.3) is 11.3 Å². The summed E-state index contributed by atoms with van der Waals surface area (Å²) in [4.78, 5) is 4.75. The Bertz CT molecular complexity index is 564. The molecular formula is C18H24N2S. The van der Waals surface area contributed by atoms with E-state index < -0.39 is 0 Å². The summed E-state index contributed by atoms with van der Waals surface area (Å²) >= 11 is 1.76. The Morgan fingerprint density at radius 3 is 2.62 bits per heavy atom. The standard InChI is InChI=1S/C18H24N2S/c1-18(2)10-8-15(9-11-18)19-12-17-20-16(13-21-17)14-6-4-3-5-7-14/h3-7,13,15,19H,8-12H2,1-2H3. The lowest BCUT2D eigenvalue weighted by Gasteiger charge is -2.34. The van der Waals surface area contributed by atoms with Crippen LogP contribution in [0.4, 0.5) is 0 Å². The number of nitrogens with one attached hydrogen (secondary N) is 1. The van der Waals surface area contributed by atoms with Gasteiger partial charge in [-0.05, 0) is 31.1 Å². The molecule has 0 atom stereocenters. The highest BCUT2D eigenvalue weighted by Crippen LogP contribution is 2.35. The Balaban J connectivity index is 1.54. The molecule has 2 aromatic rings. The monoisotopic (exact) mass is 300 g/mol. The average molecular weight is 300 g/mol. The summed E-state index contributed by atoms with van der Waals surface area (Å²) in [6, 6.07) is 11.1. The molecule has 1 fully saturated rings. The van der Waals surface area contributed by atoms with E-state index in [1.165, 1.54) is 36.3 Å². The van der Waals surface area contributed by atoms with E-state index in [1.54, 1.807) is 11.3 Å². The van der Waals surface area contributed by atoms with Crippen LogP contribution in [0.3, 0.4) is 0 Å². The molecule has 1 aliphatic carbocycles. The average Bonchev–Trinajstić information content (AvgIpc) is 2.96. The third-order valence-corrected chi connectivity index (χ3v) is 5.35. The van der Waals surface area contributed by atoms with Gasteiger partial charge in [0.05, 0.1) is 5.69 Å². The Hall–Kier alpha value is -1.19.